The topological polar surface area (TPSA) is 179 Å². The van der Waals surface area contributed by atoms with Gasteiger partial charge in [0.05, 0.1) is 5.52 Å². The molecule has 0 spiro atoms. The number of carboxylic acids is 1. The number of hydrogen-bond acceptors (Lipinski definition) is 10. The third-order valence-corrected chi connectivity index (χ3v) is 11.0. The van der Waals surface area contributed by atoms with Crippen LogP contribution in [-0.2, 0) is 30.3 Å². The van der Waals surface area contributed by atoms with Gasteiger partial charge < -0.3 is 35.3 Å². The molecule has 7 rings (SSSR count). The van der Waals surface area contributed by atoms with E-state index in [4.69, 9.17) is 4.74 Å². The summed E-state index contributed by atoms with van der Waals surface area (Å²) in [7, 11) is 0. The number of benzene rings is 2. The molecule has 2 fully saturated rings. The fourth-order valence-electron chi connectivity index (χ4n) is 7.19. The van der Waals surface area contributed by atoms with Crippen LogP contribution in [0.4, 0.5) is 5.69 Å². The van der Waals surface area contributed by atoms with Gasteiger partial charge in [0.15, 0.2) is 0 Å². The average Bonchev–Trinajstić information content (AvgIpc) is 3.45. The number of fused-ring (bicyclic) bond motifs is 1. The number of amides is 3. The minimum absolute atomic E-state index is 0.00298. The summed E-state index contributed by atoms with van der Waals surface area (Å²) in [6, 6.07) is 9.85. The van der Waals surface area contributed by atoms with Gasteiger partial charge in [-0.3, -0.25) is 28.9 Å². The zero-order chi connectivity index (χ0) is 35.3. The highest BCUT2D eigenvalue weighted by Gasteiger charge is 2.54. The molecule has 260 valence electrons. The number of piperazine rings is 1. The normalized spacial score (nSPS) is 21.7. The minimum atomic E-state index is -1.35. The highest BCUT2D eigenvalue weighted by Crippen LogP contribution is 2.41. The van der Waals surface area contributed by atoms with E-state index >= 15 is 0 Å². The van der Waals surface area contributed by atoms with E-state index in [9.17, 15) is 33.9 Å². The largest absolute Gasteiger partial charge is 0.477 e. The molecule has 5 heterocycles. The Bertz CT molecular complexity index is 2020. The smallest absolute Gasteiger partial charge is 0.352 e. The van der Waals surface area contributed by atoms with Crippen molar-refractivity contribution < 1.29 is 33.8 Å². The number of carboxylic acid groups (broad SMARTS) is 1. The summed E-state index contributed by atoms with van der Waals surface area (Å²) in [5, 5.41) is 18.4. The van der Waals surface area contributed by atoms with Gasteiger partial charge in [0, 0.05) is 73.3 Å². The number of rotatable bonds is 9. The van der Waals surface area contributed by atoms with Crippen molar-refractivity contribution in [2.75, 3.05) is 43.4 Å². The molecule has 50 heavy (non-hydrogen) atoms. The zero-order valence-electron chi connectivity index (χ0n) is 27.4. The Balaban J connectivity index is 1.15. The lowest BCUT2D eigenvalue weighted by molar-refractivity contribution is -0.151. The van der Waals surface area contributed by atoms with E-state index in [2.05, 4.69) is 20.9 Å². The predicted molar refractivity (Wildman–Crippen MR) is 185 cm³/mol. The molecule has 2 aromatic carbocycles. The van der Waals surface area contributed by atoms with E-state index in [1.54, 1.807) is 42.6 Å². The Labute approximate surface area is 290 Å². The lowest BCUT2D eigenvalue weighted by Crippen LogP contribution is -2.71. The zero-order valence-corrected chi connectivity index (χ0v) is 28.2. The average molecular weight is 701 g/mol. The monoisotopic (exact) mass is 700 g/mol. The number of β-lactam (4-membered cyclic amide) rings is 1. The lowest BCUT2D eigenvalue weighted by Gasteiger charge is -2.49. The van der Waals surface area contributed by atoms with Crippen molar-refractivity contribution in [3.05, 3.63) is 86.8 Å². The summed E-state index contributed by atoms with van der Waals surface area (Å²) >= 11 is 1.23. The summed E-state index contributed by atoms with van der Waals surface area (Å²) in [4.78, 5) is 81.8. The standard InChI is InChI=1S/C35H36N6O8S/c1-18-14-23-25(39-12-10-36-11-13-39)9-8-22-29(23)40(18)15-24(30(22)43)31(44)37-26(20-6-4-3-5-7-20)32(45)38-27-33(46)41-28(35(47)48)21(16-49-19(2)42)17-50-34(27)41/h3-9,15,18,26-27,34,36H,10-14,16-17H2,1-2H3,(H,37,44)(H,38,45)(H,47,48). The fraction of sp³-hybridized carbons (Fsp3) is 0.371. The van der Waals surface area contributed by atoms with Crippen LogP contribution < -0.4 is 26.3 Å². The number of anilines is 1. The summed E-state index contributed by atoms with van der Waals surface area (Å²) in [5.41, 5.74) is 2.87. The highest BCUT2D eigenvalue weighted by molar-refractivity contribution is 8.00. The van der Waals surface area contributed by atoms with Crippen molar-refractivity contribution in [2.45, 2.75) is 43.8 Å². The molecular formula is C35H36N6O8S. The first kappa shape index (κ1) is 33.4. The quantitative estimate of drug-likeness (QED) is 0.187. The number of thioether (sulfide) groups is 1. The number of ether oxygens (including phenoxy) is 1. The van der Waals surface area contributed by atoms with Gasteiger partial charge in [-0.1, -0.05) is 30.3 Å². The van der Waals surface area contributed by atoms with Crippen molar-refractivity contribution >= 4 is 58.0 Å². The summed E-state index contributed by atoms with van der Waals surface area (Å²) in [6.07, 6.45) is 2.29. The summed E-state index contributed by atoms with van der Waals surface area (Å²) in [6.45, 7) is 6.45. The van der Waals surface area contributed by atoms with Crippen molar-refractivity contribution in [3.63, 3.8) is 0 Å². The van der Waals surface area contributed by atoms with Crippen molar-refractivity contribution in [3.8, 4) is 0 Å². The van der Waals surface area contributed by atoms with Gasteiger partial charge in [-0.2, -0.15) is 0 Å². The maximum absolute atomic E-state index is 13.9. The molecule has 4 aliphatic heterocycles. The number of aromatic nitrogens is 1. The number of nitrogens with one attached hydrogen (secondary N) is 3. The molecule has 1 aromatic heterocycles. The van der Waals surface area contributed by atoms with E-state index in [0.717, 1.165) is 47.8 Å². The Morgan fingerprint density at radius 2 is 1.82 bits per heavy atom. The van der Waals surface area contributed by atoms with E-state index in [1.807, 2.05) is 17.6 Å². The second-order valence-corrected chi connectivity index (χ2v) is 13.9. The first-order chi connectivity index (χ1) is 24.0. The van der Waals surface area contributed by atoms with Crippen LogP contribution in [0.15, 0.2) is 64.7 Å². The maximum Gasteiger partial charge on any atom is 0.352 e. The first-order valence-electron chi connectivity index (χ1n) is 16.4. The van der Waals surface area contributed by atoms with Gasteiger partial charge in [0.2, 0.25) is 11.3 Å². The fourth-order valence-corrected chi connectivity index (χ4v) is 8.52. The predicted octanol–water partition coefficient (Wildman–Crippen LogP) is 1.30. The van der Waals surface area contributed by atoms with Gasteiger partial charge in [-0.25, -0.2) is 4.79 Å². The molecule has 0 radical (unpaired) electrons. The third-order valence-electron chi connectivity index (χ3n) is 9.62. The van der Waals surface area contributed by atoms with Gasteiger partial charge in [-0.05, 0) is 31.0 Å². The first-order valence-corrected chi connectivity index (χ1v) is 17.5. The van der Waals surface area contributed by atoms with Crippen molar-refractivity contribution in [1.29, 1.82) is 0 Å². The van der Waals surface area contributed by atoms with Crippen LogP contribution in [0, 0.1) is 0 Å². The van der Waals surface area contributed by atoms with E-state index in [0.29, 0.717) is 17.4 Å². The second kappa shape index (κ2) is 13.3. The van der Waals surface area contributed by atoms with Gasteiger partial charge in [0.1, 0.15) is 35.3 Å². The number of nitrogens with zero attached hydrogens (tertiary/aromatic N) is 3. The maximum atomic E-state index is 13.9. The van der Waals surface area contributed by atoms with Crippen LogP contribution >= 0.6 is 11.8 Å². The van der Waals surface area contributed by atoms with Crippen LogP contribution in [0.25, 0.3) is 10.9 Å². The van der Waals surface area contributed by atoms with Crippen LogP contribution in [0.1, 0.15) is 47.4 Å². The number of carbonyl (C=O) groups excluding carboxylic acids is 4. The van der Waals surface area contributed by atoms with Gasteiger partial charge in [0.25, 0.3) is 11.8 Å². The summed E-state index contributed by atoms with van der Waals surface area (Å²) in [5.74, 6) is -3.85. The molecule has 4 unspecified atom stereocenters. The Morgan fingerprint density at radius 1 is 1.08 bits per heavy atom. The molecule has 15 heteroatoms. The molecule has 0 bridgehead atoms. The third kappa shape index (κ3) is 5.79. The summed E-state index contributed by atoms with van der Waals surface area (Å²) < 4.78 is 6.95. The molecule has 2 saturated heterocycles. The number of aliphatic carboxylic acids is 1. The van der Waals surface area contributed by atoms with E-state index in [-0.39, 0.29) is 35.2 Å². The lowest BCUT2D eigenvalue weighted by atomic mass is 10.0. The molecule has 4 N–H and O–H groups in total. The van der Waals surface area contributed by atoms with E-state index in [1.165, 1.54) is 18.7 Å². The van der Waals surface area contributed by atoms with Crippen LogP contribution in [-0.4, -0.2) is 94.2 Å². The van der Waals surface area contributed by atoms with Crippen molar-refractivity contribution in [1.82, 2.24) is 25.4 Å². The Morgan fingerprint density at radius 3 is 2.52 bits per heavy atom. The number of hydrogen-bond donors (Lipinski definition) is 4. The van der Waals surface area contributed by atoms with Gasteiger partial charge in [-0.15, -0.1) is 11.8 Å². The molecular weight excluding hydrogens is 664 g/mol. The Kier molecular flexibility index (Phi) is 8.86. The molecule has 4 atom stereocenters. The Hall–Kier alpha value is -5.15. The molecule has 14 nitrogen and oxygen atoms in total. The minimum Gasteiger partial charge on any atom is -0.477 e. The van der Waals surface area contributed by atoms with Gasteiger partial charge >= 0.3 is 11.9 Å². The SMILES string of the molecule is CC(=O)OCC1=C(C(=O)O)N2C(=O)C(NC(=O)C(NC(=O)c3cn4c5c(c(N6CCNCC6)ccc5c3=O)CC4C)c3ccccc3)C2SC1. The molecule has 0 aliphatic carbocycles. The van der Waals surface area contributed by atoms with Crippen LogP contribution in [0.3, 0.4) is 0 Å². The molecule has 4 aliphatic rings. The molecule has 0 saturated carbocycles. The number of esters is 1. The van der Waals surface area contributed by atoms with Crippen LogP contribution in [0.2, 0.25) is 0 Å². The van der Waals surface area contributed by atoms with Crippen molar-refractivity contribution in [2.24, 2.45) is 0 Å². The highest BCUT2D eigenvalue weighted by atomic mass is 32.2. The van der Waals surface area contributed by atoms with Crippen LogP contribution in [0.5, 0.6) is 0 Å². The van der Waals surface area contributed by atoms with E-state index < -0.39 is 52.5 Å². The molecule has 3 amide bonds. The molecule has 3 aromatic rings. The number of pyridine rings is 1. The number of carbonyl (C=O) groups is 5. The second-order valence-electron chi connectivity index (χ2n) is 12.8.